The van der Waals surface area contributed by atoms with Crippen LogP contribution in [0.15, 0.2) is 45.6 Å². The number of hydrogen-bond acceptors (Lipinski definition) is 5. The first kappa shape index (κ1) is 15.9. The summed E-state index contributed by atoms with van der Waals surface area (Å²) in [6, 6.07) is 10.1. The molecule has 0 saturated carbocycles. The minimum absolute atomic E-state index is 0.384. The van der Waals surface area contributed by atoms with Gasteiger partial charge in [0.15, 0.2) is 0 Å². The molecule has 0 fully saturated rings. The molecule has 112 valence electrons. The van der Waals surface area contributed by atoms with Gasteiger partial charge in [-0.25, -0.2) is 9.78 Å². The van der Waals surface area contributed by atoms with Gasteiger partial charge in [0.05, 0.1) is 17.0 Å². The highest BCUT2D eigenvalue weighted by molar-refractivity contribution is 8.01. The Morgan fingerprint density at radius 2 is 2.05 bits per heavy atom. The number of alkyl carbamates (subject to hydrolysis) is 1. The van der Waals surface area contributed by atoms with E-state index in [0.717, 1.165) is 9.22 Å². The number of rotatable bonds is 4. The first-order valence-electron chi connectivity index (χ1n) is 6.57. The van der Waals surface area contributed by atoms with E-state index in [-0.39, 0.29) is 0 Å². The molecule has 1 heterocycles. The average molecular weight is 322 g/mol. The monoisotopic (exact) mass is 322 g/mol. The molecule has 0 bridgehead atoms. The van der Waals surface area contributed by atoms with Gasteiger partial charge in [0.25, 0.3) is 0 Å². The summed E-state index contributed by atoms with van der Waals surface area (Å²) in [6.07, 6.45) is 1.41. The summed E-state index contributed by atoms with van der Waals surface area (Å²) in [7, 11) is 0. The van der Waals surface area contributed by atoms with Crippen molar-refractivity contribution in [3.63, 3.8) is 0 Å². The Balaban J connectivity index is 1.85. The van der Waals surface area contributed by atoms with Gasteiger partial charge in [0, 0.05) is 4.90 Å². The lowest BCUT2D eigenvalue weighted by molar-refractivity contribution is 0.0523. The fourth-order valence-corrected chi connectivity index (χ4v) is 3.45. The van der Waals surface area contributed by atoms with Crippen molar-refractivity contribution in [1.82, 2.24) is 10.3 Å². The lowest BCUT2D eigenvalue weighted by atomic mass is 10.2. The topological polar surface area (TPSA) is 51.2 Å². The summed E-state index contributed by atoms with van der Waals surface area (Å²) in [5.41, 5.74) is -0.485. The first-order valence-corrected chi connectivity index (χ1v) is 8.20. The quantitative estimate of drug-likeness (QED) is 0.911. The second-order valence-corrected chi connectivity index (χ2v) is 7.83. The van der Waals surface area contributed by atoms with Crippen LogP contribution in [-0.4, -0.2) is 16.7 Å². The number of benzene rings is 1. The van der Waals surface area contributed by atoms with Gasteiger partial charge < -0.3 is 10.1 Å². The highest BCUT2D eigenvalue weighted by Gasteiger charge is 2.16. The predicted octanol–water partition coefficient (Wildman–Crippen LogP) is 4.32. The fraction of sp³-hybridized carbons (Fsp3) is 0.333. The number of ether oxygens (including phenoxy) is 1. The van der Waals surface area contributed by atoms with E-state index in [2.05, 4.69) is 22.4 Å². The van der Waals surface area contributed by atoms with Crippen LogP contribution < -0.4 is 5.32 Å². The van der Waals surface area contributed by atoms with Crippen molar-refractivity contribution in [2.45, 2.75) is 42.0 Å². The summed E-state index contributed by atoms with van der Waals surface area (Å²) in [5, 5.41) is 3.57. The van der Waals surface area contributed by atoms with Crippen LogP contribution in [0.5, 0.6) is 0 Å². The standard InChI is InChI=1S/C15H18N2O2S2/c1-15(2,3)19-14(18)17-9-12-16-10-13(21-12)20-11-7-5-4-6-8-11/h4-8,10H,9H2,1-3H3,(H,17,18). The number of carbonyl (C=O) groups is 1. The molecule has 2 rings (SSSR count). The summed E-state index contributed by atoms with van der Waals surface area (Å²) >= 11 is 3.23. The van der Waals surface area contributed by atoms with Crippen molar-refractivity contribution in [2.24, 2.45) is 0 Å². The number of nitrogens with zero attached hydrogens (tertiary/aromatic N) is 1. The Kier molecular flexibility index (Phi) is 5.25. The zero-order valence-corrected chi connectivity index (χ0v) is 13.9. The maximum absolute atomic E-state index is 11.6. The maximum atomic E-state index is 11.6. The number of carbonyl (C=O) groups excluding carboxylic acids is 1. The lowest BCUT2D eigenvalue weighted by Gasteiger charge is -2.19. The summed E-state index contributed by atoms with van der Waals surface area (Å²) < 4.78 is 6.28. The van der Waals surface area contributed by atoms with Crippen LogP contribution in [0.25, 0.3) is 0 Å². The molecular weight excluding hydrogens is 304 g/mol. The van der Waals surface area contributed by atoms with E-state index in [9.17, 15) is 4.79 Å². The second-order valence-electron chi connectivity index (χ2n) is 5.34. The average Bonchev–Trinajstić information content (AvgIpc) is 2.83. The van der Waals surface area contributed by atoms with Crippen LogP contribution in [0, 0.1) is 0 Å². The van der Waals surface area contributed by atoms with Gasteiger partial charge in [-0.3, -0.25) is 0 Å². The highest BCUT2D eigenvalue weighted by atomic mass is 32.2. The fourth-order valence-electron chi connectivity index (χ4n) is 1.49. The summed E-state index contributed by atoms with van der Waals surface area (Å²) in [5.74, 6) is 0. The van der Waals surface area contributed by atoms with E-state index < -0.39 is 11.7 Å². The van der Waals surface area contributed by atoms with Gasteiger partial charge in [-0.1, -0.05) is 30.0 Å². The van der Waals surface area contributed by atoms with Gasteiger partial charge in [-0.15, -0.1) is 11.3 Å². The number of hydrogen-bond donors (Lipinski definition) is 1. The van der Waals surface area contributed by atoms with E-state index >= 15 is 0 Å². The predicted molar refractivity (Wildman–Crippen MR) is 85.8 cm³/mol. The van der Waals surface area contributed by atoms with Crippen LogP contribution in [-0.2, 0) is 11.3 Å². The molecule has 1 aromatic carbocycles. The van der Waals surface area contributed by atoms with Crippen LogP contribution >= 0.6 is 23.1 Å². The van der Waals surface area contributed by atoms with Gasteiger partial charge in [0.1, 0.15) is 10.6 Å². The van der Waals surface area contributed by atoms with Gasteiger partial charge in [-0.2, -0.15) is 0 Å². The molecule has 0 unspecified atom stereocenters. The van der Waals surface area contributed by atoms with Crippen molar-refractivity contribution >= 4 is 29.2 Å². The van der Waals surface area contributed by atoms with E-state index in [1.165, 1.54) is 4.90 Å². The smallest absolute Gasteiger partial charge is 0.408 e. The number of thiazole rings is 1. The summed E-state index contributed by atoms with van der Waals surface area (Å²) in [6.45, 7) is 5.90. The van der Waals surface area contributed by atoms with E-state index in [0.29, 0.717) is 6.54 Å². The zero-order chi connectivity index (χ0) is 15.3. The molecule has 0 aliphatic carbocycles. The molecule has 1 aromatic heterocycles. The minimum Gasteiger partial charge on any atom is -0.444 e. The molecule has 0 saturated heterocycles. The third-order valence-electron chi connectivity index (χ3n) is 2.28. The Labute approximate surface area is 132 Å². The molecule has 1 N–H and O–H groups in total. The normalized spacial score (nSPS) is 11.2. The Hall–Kier alpha value is -1.53. The van der Waals surface area contributed by atoms with E-state index in [1.807, 2.05) is 45.2 Å². The molecule has 0 aliphatic heterocycles. The van der Waals surface area contributed by atoms with Crippen molar-refractivity contribution in [2.75, 3.05) is 0 Å². The highest BCUT2D eigenvalue weighted by Crippen LogP contribution is 2.31. The number of aromatic nitrogens is 1. The minimum atomic E-state index is -0.485. The Morgan fingerprint density at radius 1 is 1.33 bits per heavy atom. The second kappa shape index (κ2) is 6.95. The molecule has 0 radical (unpaired) electrons. The Bertz CT molecular complexity index is 591. The molecule has 1 amide bonds. The molecular formula is C15H18N2O2S2. The van der Waals surface area contributed by atoms with Crippen molar-refractivity contribution in [1.29, 1.82) is 0 Å². The van der Waals surface area contributed by atoms with Crippen molar-refractivity contribution < 1.29 is 9.53 Å². The zero-order valence-electron chi connectivity index (χ0n) is 12.3. The molecule has 0 spiro atoms. The third kappa shape index (κ3) is 5.77. The molecule has 4 nitrogen and oxygen atoms in total. The van der Waals surface area contributed by atoms with Crippen LogP contribution in [0.4, 0.5) is 4.79 Å². The van der Waals surface area contributed by atoms with Crippen molar-refractivity contribution in [3.8, 4) is 0 Å². The van der Waals surface area contributed by atoms with Crippen molar-refractivity contribution in [3.05, 3.63) is 41.5 Å². The lowest BCUT2D eigenvalue weighted by Crippen LogP contribution is -2.32. The maximum Gasteiger partial charge on any atom is 0.408 e. The van der Waals surface area contributed by atoms with Crippen LogP contribution in [0.2, 0.25) is 0 Å². The number of nitrogens with one attached hydrogen (secondary N) is 1. The molecule has 21 heavy (non-hydrogen) atoms. The summed E-state index contributed by atoms with van der Waals surface area (Å²) in [4.78, 5) is 17.1. The molecule has 2 aromatic rings. The van der Waals surface area contributed by atoms with Crippen LogP contribution in [0.1, 0.15) is 25.8 Å². The SMILES string of the molecule is CC(C)(C)OC(=O)NCc1ncc(Sc2ccccc2)s1. The Morgan fingerprint density at radius 3 is 2.71 bits per heavy atom. The third-order valence-corrected chi connectivity index (χ3v) is 4.38. The van der Waals surface area contributed by atoms with Gasteiger partial charge >= 0.3 is 6.09 Å². The van der Waals surface area contributed by atoms with Gasteiger partial charge in [0.2, 0.25) is 0 Å². The molecule has 6 heteroatoms. The van der Waals surface area contributed by atoms with Gasteiger partial charge in [-0.05, 0) is 32.9 Å². The molecule has 0 atom stereocenters. The van der Waals surface area contributed by atoms with E-state index in [1.54, 1.807) is 23.1 Å². The van der Waals surface area contributed by atoms with E-state index in [4.69, 9.17) is 4.74 Å². The molecule has 0 aliphatic rings. The van der Waals surface area contributed by atoms with Crippen LogP contribution in [0.3, 0.4) is 0 Å². The number of amides is 1. The largest absolute Gasteiger partial charge is 0.444 e. The first-order chi connectivity index (χ1) is 9.92.